The standard InChI is InChI=1S/C13H15F2NO4/c1-19-12(17)8-2-3-9(11(15)10(8)14)16-6-13(18)4-5-20-7-13/h2-3,16,18H,4-7H2,1H3. The Balaban J connectivity index is 2.13. The zero-order valence-electron chi connectivity index (χ0n) is 10.9. The Morgan fingerprint density at radius 3 is 2.85 bits per heavy atom. The number of ether oxygens (including phenoxy) is 2. The van der Waals surface area contributed by atoms with Gasteiger partial charge in [-0.1, -0.05) is 0 Å². The number of methoxy groups -OCH3 is 1. The van der Waals surface area contributed by atoms with Crippen LogP contribution >= 0.6 is 0 Å². The minimum absolute atomic E-state index is 0.0287. The van der Waals surface area contributed by atoms with Gasteiger partial charge in [0.05, 0.1) is 25.0 Å². The molecule has 1 aliphatic heterocycles. The van der Waals surface area contributed by atoms with Crippen molar-refractivity contribution in [1.82, 2.24) is 0 Å². The number of carbonyl (C=O) groups is 1. The van der Waals surface area contributed by atoms with Crippen molar-refractivity contribution in [2.24, 2.45) is 0 Å². The Bertz CT molecular complexity index is 515. The van der Waals surface area contributed by atoms with E-state index in [1.54, 1.807) is 0 Å². The van der Waals surface area contributed by atoms with Crippen LogP contribution in [0, 0.1) is 11.6 Å². The minimum Gasteiger partial charge on any atom is -0.465 e. The fourth-order valence-electron chi connectivity index (χ4n) is 1.95. The average molecular weight is 287 g/mol. The van der Waals surface area contributed by atoms with Crippen LogP contribution in [0.2, 0.25) is 0 Å². The van der Waals surface area contributed by atoms with Gasteiger partial charge in [0.15, 0.2) is 11.6 Å². The molecule has 1 atom stereocenters. The molecular weight excluding hydrogens is 272 g/mol. The molecule has 2 rings (SSSR count). The molecule has 1 unspecified atom stereocenters. The predicted octanol–water partition coefficient (Wildman–Crippen LogP) is 1.31. The lowest BCUT2D eigenvalue weighted by Crippen LogP contribution is -2.37. The number of hydrogen-bond donors (Lipinski definition) is 2. The van der Waals surface area contributed by atoms with Crippen LogP contribution in [0.25, 0.3) is 0 Å². The van der Waals surface area contributed by atoms with Gasteiger partial charge in [-0.05, 0) is 12.1 Å². The van der Waals surface area contributed by atoms with Gasteiger partial charge in [-0.3, -0.25) is 0 Å². The fourth-order valence-corrected chi connectivity index (χ4v) is 1.95. The molecule has 0 aliphatic carbocycles. The van der Waals surface area contributed by atoms with E-state index in [-0.39, 0.29) is 18.8 Å². The molecule has 0 radical (unpaired) electrons. The number of carbonyl (C=O) groups excluding carboxylic acids is 1. The molecule has 0 saturated carbocycles. The highest BCUT2D eigenvalue weighted by atomic mass is 19.2. The summed E-state index contributed by atoms with van der Waals surface area (Å²) in [6.07, 6.45) is 0.421. The first kappa shape index (κ1) is 14.7. The fraction of sp³-hybridized carbons (Fsp3) is 0.462. The zero-order valence-corrected chi connectivity index (χ0v) is 10.9. The van der Waals surface area contributed by atoms with E-state index in [1.807, 2.05) is 0 Å². The third-order valence-corrected chi connectivity index (χ3v) is 3.18. The summed E-state index contributed by atoms with van der Waals surface area (Å²) in [5, 5.41) is 12.6. The highest BCUT2D eigenvalue weighted by Crippen LogP contribution is 2.24. The van der Waals surface area contributed by atoms with Crippen molar-refractivity contribution < 1.29 is 28.2 Å². The number of halogens is 2. The molecule has 0 spiro atoms. The summed E-state index contributed by atoms with van der Waals surface area (Å²) in [6, 6.07) is 2.35. The monoisotopic (exact) mass is 287 g/mol. The Kier molecular flexibility index (Phi) is 4.20. The topological polar surface area (TPSA) is 67.8 Å². The van der Waals surface area contributed by atoms with Crippen molar-refractivity contribution in [1.29, 1.82) is 0 Å². The Morgan fingerprint density at radius 2 is 2.25 bits per heavy atom. The lowest BCUT2D eigenvalue weighted by atomic mass is 10.0. The van der Waals surface area contributed by atoms with Crippen LogP contribution in [0.15, 0.2) is 12.1 Å². The summed E-state index contributed by atoms with van der Waals surface area (Å²) >= 11 is 0. The maximum atomic E-state index is 13.8. The number of nitrogens with one attached hydrogen (secondary N) is 1. The molecule has 20 heavy (non-hydrogen) atoms. The second kappa shape index (κ2) is 5.72. The normalized spacial score (nSPS) is 21.8. The zero-order chi connectivity index (χ0) is 14.8. The van der Waals surface area contributed by atoms with Crippen LogP contribution < -0.4 is 5.32 Å². The smallest absolute Gasteiger partial charge is 0.340 e. The van der Waals surface area contributed by atoms with Gasteiger partial charge >= 0.3 is 5.97 Å². The molecule has 2 N–H and O–H groups in total. The molecule has 1 aromatic carbocycles. The first-order valence-corrected chi connectivity index (χ1v) is 6.07. The van der Waals surface area contributed by atoms with Gasteiger partial charge in [-0.15, -0.1) is 0 Å². The first-order valence-electron chi connectivity index (χ1n) is 6.07. The number of esters is 1. The predicted molar refractivity (Wildman–Crippen MR) is 66.6 cm³/mol. The van der Waals surface area contributed by atoms with Crippen LogP contribution in [0.5, 0.6) is 0 Å². The van der Waals surface area contributed by atoms with Gasteiger partial charge in [0.1, 0.15) is 5.60 Å². The average Bonchev–Trinajstić information content (AvgIpc) is 2.87. The van der Waals surface area contributed by atoms with Gasteiger partial charge in [0, 0.05) is 19.6 Å². The van der Waals surface area contributed by atoms with E-state index in [1.165, 1.54) is 6.07 Å². The Hall–Kier alpha value is -1.73. The van der Waals surface area contributed by atoms with Crippen molar-refractivity contribution in [3.63, 3.8) is 0 Å². The van der Waals surface area contributed by atoms with E-state index in [9.17, 15) is 18.7 Å². The molecule has 1 aliphatic rings. The van der Waals surface area contributed by atoms with Crippen LogP contribution in [-0.2, 0) is 9.47 Å². The Labute approximate surface area is 114 Å². The number of benzene rings is 1. The van der Waals surface area contributed by atoms with E-state index in [0.29, 0.717) is 13.0 Å². The third-order valence-electron chi connectivity index (χ3n) is 3.18. The van der Waals surface area contributed by atoms with E-state index < -0.39 is 28.8 Å². The van der Waals surface area contributed by atoms with Crippen molar-refractivity contribution in [2.45, 2.75) is 12.0 Å². The van der Waals surface area contributed by atoms with Crippen LogP contribution in [0.4, 0.5) is 14.5 Å². The second-order valence-electron chi connectivity index (χ2n) is 4.66. The van der Waals surface area contributed by atoms with Crippen LogP contribution in [-0.4, -0.2) is 43.5 Å². The first-order chi connectivity index (χ1) is 9.47. The van der Waals surface area contributed by atoms with Crippen molar-refractivity contribution in [3.05, 3.63) is 29.3 Å². The summed E-state index contributed by atoms with van der Waals surface area (Å²) in [6.45, 7) is 0.599. The second-order valence-corrected chi connectivity index (χ2v) is 4.66. The molecule has 1 aromatic rings. The third kappa shape index (κ3) is 2.88. The van der Waals surface area contributed by atoms with Crippen LogP contribution in [0.3, 0.4) is 0 Å². The van der Waals surface area contributed by atoms with Crippen molar-refractivity contribution in [2.75, 3.05) is 32.2 Å². The number of hydrogen-bond acceptors (Lipinski definition) is 5. The maximum Gasteiger partial charge on any atom is 0.340 e. The lowest BCUT2D eigenvalue weighted by Gasteiger charge is -2.21. The summed E-state index contributed by atoms with van der Waals surface area (Å²) in [5.74, 6) is -3.41. The van der Waals surface area contributed by atoms with E-state index in [4.69, 9.17) is 4.74 Å². The highest BCUT2D eigenvalue weighted by Gasteiger charge is 2.32. The molecule has 1 fully saturated rings. The molecule has 0 aromatic heterocycles. The molecule has 7 heteroatoms. The summed E-state index contributed by atoms with van der Waals surface area (Å²) < 4.78 is 36.9. The quantitative estimate of drug-likeness (QED) is 0.817. The molecule has 5 nitrogen and oxygen atoms in total. The Morgan fingerprint density at radius 1 is 1.50 bits per heavy atom. The summed E-state index contributed by atoms with van der Waals surface area (Å²) in [5.41, 5.74) is -1.70. The minimum atomic E-state index is -1.28. The van der Waals surface area contributed by atoms with Gasteiger partial charge < -0.3 is 19.9 Å². The molecule has 0 amide bonds. The lowest BCUT2D eigenvalue weighted by molar-refractivity contribution is 0.0381. The SMILES string of the molecule is COC(=O)c1ccc(NCC2(O)CCOC2)c(F)c1F. The molecule has 1 saturated heterocycles. The molecule has 110 valence electrons. The van der Waals surface area contributed by atoms with Crippen molar-refractivity contribution in [3.8, 4) is 0 Å². The molecule has 0 bridgehead atoms. The molecule has 1 heterocycles. The van der Waals surface area contributed by atoms with E-state index >= 15 is 0 Å². The highest BCUT2D eigenvalue weighted by molar-refractivity contribution is 5.90. The maximum absolute atomic E-state index is 13.8. The number of aliphatic hydroxyl groups is 1. The van der Waals surface area contributed by atoms with Crippen molar-refractivity contribution >= 4 is 11.7 Å². The van der Waals surface area contributed by atoms with Gasteiger partial charge in [0.2, 0.25) is 0 Å². The van der Waals surface area contributed by atoms with Gasteiger partial charge in [0.25, 0.3) is 0 Å². The number of anilines is 1. The van der Waals surface area contributed by atoms with E-state index in [2.05, 4.69) is 10.1 Å². The van der Waals surface area contributed by atoms with Gasteiger partial charge in [-0.25, -0.2) is 13.6 Å². The summed E-state index contributed by atoms with van der Waals surface area (Å²) in [4.78, 5) is 11.2. The molecular formula is C13H15F2NO4. The van der Waals surface area contributed by atoms with E-state index in [0.717, 1.165) is 13.2 Å². The summed E-state index contributed by atoms with van der Waals surface area (Å²) in [7, 11) is 1.08. The van der Waals surface area contributed by atoms with Gasteiger partial charge in [-0.2, -0.15) is 0 Å². The largest absolute Gasteiger partial charge is 0.465 e. The number of rotatable bonds is 4. The van der Waals surface area contributed by atoms with Crippen LogP contribution in [0.1, 0.15) is 16.8 Å².